The van der Waals surface area contributed by atoms with Crippen molar-refractivity contribution in [2.45, 2.75) is 0 Å². The minimum Gasteiger partial charge on any atom is -0.496 e. The lowest BCUT2D eigenvalue weighted by Crippen LogP contribution is -2.24. The molecule has 0 saturated carbocycles. The first-order valence-electron chi connectivity index (χ1n) is 4.11. The van der Waals surface area contributed by atoms with Gasteiger partial charge in [-0.05, 0) is 34.1 Å². The smallest absolute Gasteiger partial charge is 0.329 e. The van der Waals surface area contributed by atoms with Crippen molar-refractivity contribution in [3.63, 3.8) is 0 Å². The van der Waals surface area contributed by atoms with E-state index in [2.05, 4.69) is 15.9 Å². The first kappa shape index (κ1) is 11.5. The fourth-order valence-corrected chi connectivity index (χ4v) is 1.58. The molecule has 1 amide bonds. The van der Waals surface area contributed by atoms with Crippen molar-refractivity contribution in [3.05, 3.63) is 22.7 Å². The van der Waals surface area contributed by atoms with Crippen molar-refractivity contribution in [2.75, 3.05) is 19.1 Å². The van der Waals surface area contributed by atoms with E-state index in [0.717, 1.165) is 4.47 Å². The van der Waals surface area contributed by atoms with E-state index < -0.39 is 5.91 Å². The summed E-state index contributed by atoms with van der Waals surface area (Å²) in [5.41, 5.74) is 0.634. The van der Waals surface area contributed by atoms with Crippen molar-refractivity contribution in [1.82, 2.24) is 0 Å². The molecule has 0 unspecified atom stereocenters. The topological polar surface area (TPSA) is 53.3 Å². The predicted molar refractivity (Wildman–Crippen MR) is 59.7 cm³/mol. The van der Waals surface area contributed by atoms with Crippen molar-refractivity contribution < 1.29 is 9.53 Å². The maximum atomic E-state index is 11.1. The second-order valence-electron chi connectivity index (χ2n) is 2.79. The third-order valence-corrected chi connectivity index (χ3v) is 2.54. The lowest BCUT2D eigenvalue weighted by molar-refractivity contribution is -0.113. The Morgan fingerprint density at radius 1 is 1.60 bits per heavy atom. The number of amides is 1. The van der Waals surface area contributed by atoms with Gasteiger partial charge in [0.2, 0.25) is 0 Å². The summed E-state index contributed by atoms with van der Waals surface area (Å²) in [5.74, 6) is 0.0728. The molecule has 0 bridgehead atoms. The van der Waals surface area contributed by atoms with Gasteiger partial charge in [0.15, 0.2) is 6.07 Å². The van der Waals surface area contributed by atoms with Crippen molar-refractivity contribution in [2.24, 2.45) is 0 Å². The van der Waals surface area contributed by atoms with Crippen molar-refractivity contribution in [1.29, 1.82) is 5.26 Å². The van der Waals surface area contributed by atoms with Gasteiger partial charge >= 0.3 is 5.91 Å². The molecule has 1 rings (SSSR count). The quantitative estimate of drug-likeness (QED) is 0.771. The van der Waals surface area contributed by atoms with Gasteiger partial charge in [-0.1, -0.05) is 0 Å². The van der Waals surface area contributed by atoms with Crippen LogP contribution in [-0.2, 0) is 4.79 Å². The van der Waals surface area contributed by atoms with Crippen molar-refractivity contribution >= 4 is 27.5 Å². The maximum absolute atomic E-state index is 11.1. The van der Waals surface area contributed by atoms with Gasteiger partial charge in [0.25, 0.3) is 0 Å². The molecule has 0 aromatic heterocycles. The van der Waals surface area contributed by atoms with Crippen LogP contribution in [0.3, 0.4) is 0 Å². The second-order valence-corrected chi connectivity index (χ2v) is 3.65. The lowest BCUT2D eigenvalue weighted by atomic mass is 10.3. The number of ether oxygens (including phenoxy) is 1. The van der Waals surface area contributed by atoms with E-state index in [1.165, 1.54) is 4.90 Å². The molecule has 0 spiro atoms. The van der Waals surface area contributed by atoms with Crippen LogP contribution in [0.2, 0.25) is 0 Å². The van der Waals surface area contributed by atoms with Crippen LogP contribution >= 0.6 is 15.9 Å². The number of hydrogen-bond donors (Lipinski definition) is 0. The Morgan fingerprint density at radius 2 is 2.27 bits per heavy atom. The zero-order chi connectivity index (χ0) is 11.4. The summed E-state index contributed by atoms with van der Waals surface area (Å²) in [7, 11) is 3.10. The number of nitrogens with zero attached hydrogens (tertiary/aromatic N) is 2. The number of carbonyl (C=O) groups is 1. The fraction of sp³-hybridized carbons (Fsp3) is 0.200. The largest absolute Gasteiger partial charge is 0.496 e. The van der Waals surface area contributed by atoms with Crippen LogP contribution in [0.5, 0.6) is 5.75 Å². The highest BCUT2D eigenvalue weighted by Gasteiger charge is 2.11. The summed E-state index contributed by atoms with van der Waals surface area (Å²) >= 11 is 3.30. The zero-order valence-corrected chi connectivity index (χ0v) is 9.91. The third-order valence-electron chi connectivity index (χ3n) is 1.92. The summed E-state index contributed by atoms with van der Waals surface area (Å²) < 4.78 is 5.79. The molecule has 0 aliphatic rings. The second kappa shape index (κ2) is 4.80. The summed E-state index contributed by atoms with van der Waals surface area (Å²) in [6.07, 6.45) is 0. The summed E-state index contributed by atoms with van der Waals surface area (Å²) in [5, 5.41) is 8.46. The predicted octanol–water partition coefficient (Wildman–Crippen LogP) is 1.94. The number of rotatable bonds is 2. The Balaban J connectivity index is 3.03. The average Bonchev–Trinajstić information content (AvgIpc) is 2.26. The number of hydrogen-bond acceptors (Lipinski definition) is 3. The highest BCUT2D eigenvalue weighted by molar-refractivity contribution is 9.10. The molecule has 0 atom stereocenters. The summed E-state index contributed by atoms with van der Waals surface area (Å²) in [6.45, 7) is 0. The number of nitriles is 1. The van der Waals surface area contributed by atoms with E-state index in [-0.39, 0.29) is 0 Å². The average molecular weight is 269 g/mol. The molecule has 4 nitrogen and oxygen atoms in total. The number of methoxy groups -OCH3 is 1. The van der Waals surface area contributed by atoms with Gasteiger partial charge in [0, 0.05) is 12.7 Å². The minimum absolute atomic E-state index is 0.605. The van der Waals surface area contributed by atoms with Gasteiger partial charge in [-0.2, -0.15) is 5.26 Å². The Kier molecular flexibility index (Phi) is 3.69. The van der Waals surface area contributed by atoms with Crippen LogP contribution < -0.4 is 9.64 Å². The number of carbonyl (C=O) groups excluding carboxylic acids is 1. The molecule has 0 saturated heterocycles. The summed E-state index contributed by atoms with van der Waals surface area (Å²) in [4.78, 5) is 12.4. The van der Waals surface area contributed by atoms with E-state index in [0.29, 0.717) is 11.4 Å². The molecule has 0 N–H and O–H groups in total. The van der Waals surface area contributed by atoms with Crippen LogP contribution in [0.15, 0.2) is 22.7 Å². The number of benzene rings is 1. The monoisotopic (exact) mass is 268 g/mol. The molecule has 0 aliphatic heterocycles. The molecule has 1 aromatic rings. The first-order valence-corrected chi connectivity index (χ1v) is 4.90. The SMILES string of the molecule is COc1ccc(N(C)C(=O)C#N)cc1Br. The van der Waals surface area contributed by atoms with E-state index in [1.807, 2.05) is 0 Å². The zero-order valence-electron chi connectivity index (χ0n) is 8.32. The van der Waals surface area contributed by atoms with Gasteiger partial charge < -0.3 is 9.64 Å². The molecule has 0 heterocycles. The fourth-order valence-electron chi connectivity index (χ4n) is 1.06. The first-order chi connectivity index (χ1) is 7.10. The van der Waals surface area contributed by atoms with Crippen molar-refractivity contribution in [3.8, 4) is 11.8 Å². The third kappa shape index (κ3) is 2.48. The highest BCUT2D eigenvalue weighted by Crippen LogP contribution is 2.29. The normalized spacial score (nSPS) is 9.20. The van der Waals surface area contributed by atoms with Crippen LogP contribution in [0, 0.1) is 11.3 Å². The van der Waals surface area contributed by atoms with E-state index in [1.54, 1.807) is 38.4 Å². The van der Waals surface area contributed by atoms with Crippen LogP contribution in [0.4, 0.5) is 5.69 Å². The Morgan fingerprint density at radius 3 is 2.73 bits per heavy atom. The molecular formula is C10H9BrN2O2. The summed E-state index contributed by atoms with van der Waals surface area (Å²) in [6, 6.07) is 6.70. The molecule has 0 aliphatic carbocycles. The van der Waals surface area contributed by atoms with Crippen LogP contribution in [0.1, 0.15) is 0 Å². The van der Waals surface area contributed by atoms with Crippen LogP contribution in [-0.4, -0.2) is 20.1 Å². The van der Waals surface area contributed by atoms with E-state index >= 15 is 0 Å². The highest BCUT2D eigenvalue weighted by atomic mass is 79.9. The van der Waals surface area contributed by atoms with E-state index in [9.17, 15) is 4.79 Å². The van der Waals surface area contributed by atoms with Gasteiger partial charge in [-0.3, -0.25) is 4.79 Å². The Bertz CT molecular complexity index is 426. The van der Waals surface area contributed by atoms with E-state index in [4.69, 9.17) is 10.00 Å². The Hall–Kier alpha value is -1.54. The number of halogens is 1. The molecular weight excluding hydrogens is 260 g/mol. The molecule has 5 heteroatoms. The molecule has 1 aromatic carbocycles. The minimum atomic E-state index is -0.605. The van der Waals surface area contributed by atoms with Gasteiger partial charge in [0.1, 0.15) is 5.75 Å². The molecule has 78 valence electrons. The van der Waals surface area contributed by atoms with Gasteiger partial charge in [-0.25, -0.2) is 0 Å². The lowest BCUT2D eigenvalue weighted by Gasteiger charge is -2.14. The molecule has 15 heavy (non-hydrogen) atoms. The molecule has 0 radical (unpaired) electrons. The molecule has 0 fully saturated rings. The standard InChI is InChI=1S/C10H9BrN2O2/c1-13(10(14)6-12)7-3-4-9(15-2)8(11)5-7/h3-5H,1-2H3. The van der Waals surface area contributed by atoms with Crippen LogP contribution in [0.25, 0.3) is 0 Å². The van der Waals surface area contributed by atoms with Gasteiger partial charge in [0.05, 0.1) is 11.6 Å². The maximum Gasteiger partial charge on any atom is 0.329 e. The number of anilines is 1. The Labute approximate surface area is 96.2 Å². The van der Waals surface area contributed by atoms with Gasteiger partial charge in [-0.15, -0.1) is 0 Å².